The number of hydrogen-bond donors (Lipinski definition) is 0. The summed E-state index contributed by atoms with van der Waals surface area (Å²) in [6, 6.07) is 3.57. The number of rotatable bonds is 5. The van der Waals surface area contributed by atoms with Gasteiger partial charge in [-0.05, 0) is 32.4 Å². The summed E-state index contributed by atoms with van der Waals surface area (Å²) in [6.07, 6.45) is 0.870. The molecule has 102 valence electrons. The molecule has 4 nitrogen and oxygen atoms in total. The van der Waals surface area contributed by atoms with Gasteiger partial charge in [-0.1, -0.05) is 11.6 Å². The normalized spacial score (nSPS) is 11.2. The average Bonchev–Trinajstić information content (AvgIpc) is 2.67. The van der Waals surface area contributed by atoms with E-state index in [1.165, 1.54) is 6.92 Å². The highest BCUT2D eigenvalue weighted by Gasteiger charge is 2.13. The van der Waals surface area contributed by atoms with E-state index >= 15 is 0 Å². The summed E-state index contributed by atoms with van der Waals surface area (Å²) in [4.78, 5) is 11.5. The van der Waals surface area contributed by atoms with Crippen LogP contribution in [-0.2, 0) is 11.3 Å². The van der Waals surface area contributed by atoms with Gasteiger partial charge in [-0.15, -0.1) is 0 Å². The van der Waals surface area contributed by atoms with Crippen molar-refractivity contribution in [1.29, 1.82) is 0 Å². The number of ether oxygens (including phenoxy) is 1. The molecule has 0 saturated heterocycles. The van der Waals surface area contributed by atoms with Gasteiger partial charge in [0.15, 0.2) is 5.78 Å². The van der Waals surface area contributed by atoms with Crippen LogP contribution >= 0.6 is 11.6 Å². The topological polar surface area (TPSA) is 44.1 Å². The van der Waals surface area contributed by atoms with Gasteiger partial charge in [0.1, 0.15) is 0 Å². The minimum Gasteiger partial charge on any atom is -0.385 e. The molecule has 1 aromatic heterocycles. The molecule has 0 amide bonds. The number of benzene rings is 1. The van der Waals surface area contributed by atoms with Crippen LogP contribution in [0.2, 0.25) is 5.02 Å². The van der Waals surface area contributed by atoms with E-state index < -0.39 is 0 Å². The van der Waals surface area contributed by atoms with Crippen molar-refractivity contribution in [3.63, 3.8) is 0 Å². The second-order valence-corrected chi connectivity index (χ2v) is 4.97. The number of fused-ring (bicyclic) bond motifs is 1. The van der Waals surface area contributed by atoms with Crippen molar-refractivity contribution >= 4 is 28.3 Å². The fourth-order valence-electron chi connectivity index (χ4n) is 2.17. The zero-order valence-corrected chi connectivity index (χ0v) is 12.1. The first-order valence-corrected chi connectivity index (χ1v) is 6.59. The number of ketones is 1. The van der Waals surface area contributed by atoms with Crippen LogP contribution in [-0.4, -0.2) is 29.3 Å². The first-order chi connectivity index (χ1) is 9.04. The summed E-state index contributed by atoms with van der Waals surface area (Å²) in [5.41, 5.74) is 2.41. The smallest absolute Gasteiger partial charge is 0.159 e. The summed E-state index contributed by atoms with van der Waals surface area (Å²) in [6.45, 7) is 4.89. The Kier molecular flexibility index (Phi) is 4.22. The summed E-state index contributed by atoms with van der Waals surface area (Å²) in [7, 11) is 1.68. The van der Waals surface area contributed by atoms with Crippen LogP contribution < -0.4 is 0 Å². The zero-order valence-electron chi connectivity index (χ0n) is 11.4. The maximum atomic E-state index is 11.5. The highest BCUT2D eigenvalue weighted by molar-refractivity contribution is 6.36. The molecule has 2 rings (SSSR count). The number of halogens is 1. The lowest BCUT2D eigenvalue weighted by molar-refractivity contribution is 0.101. The maximum absolute atomic E-state index is 11.5. The monoisotopic (exact) mass is 280 g/mol. The highest BCUT2D eigenvalue weighted by atomic mass is 35.5. The molecule has 1 aromatic carbocycles. The molecule has 0 bridgehead atoms. The number of aromatic nitrogens is 2. The van der Waals surface area contributed by atoms with Gasteiger partial charge in [-0.2, -0.15) is 5.10 Å². The van der Waals surface area contributed by atoms with E-state index in [1.807, 2.05) is 17.7 Å². The standard InChI is InChI=1S/C14H17ClN2O2/c1-9-14-12(15)7-11(10(2)18)8-13(14)17(16-9)5-4-6-19-3/h7-8H,4-6H2,1-3H3. The van der Waals surface area contributed by atoms with Gasteiger partial charge in [0, 0.05) is 31.2 Å². The number of methoxy groups -OCH3 is 1. The second-order valence-electron chi connectivity index (χ2n) is 4.56. The molecule has 0 atom stereocenters. The van der Waals surface area contributed by atoms with Crippen LogP contribution in [0.5, 0.6) is 0 Å². The Hall–Kier alpha value is -1.39. The number of carbonyl (C=O) groups is 1. The summed E-state index contributed by atoms with van der Waals surface area (Å²) < 4.78 is 6.94. The first-order valence-electron chi connectivity index (χ1n) is 6.21. The van der Waals surface area contributed by atoms with Crippen molar-refractivity contribution < 1.29 is 9.53 Å². The zero-order chi connectivity index (χ0) is 14.0. The van der Waals surface area contributed by atoms with Crippen molar-refractivity contribution in [2.24, 2.45) is 0 Å². The molecule has 0 spiro atoms. The van der Waals surface area contributed by atoms with Crippen molar-refractivity contribution in [2.45, 2.75) is 26.8 Å². The number of aryl methyl sites for hydroxylation is 2. The third kappa shape index (κ3) is 2.80. The van der Waals surface area contributed by atoms with Crippen molar-refractivity contribution in [1.82, 2.24) is 9.78 Å². The Morgan fingerprint density at radius 1 is 1.47 bits per heavy atom. The lowest BCUT2D eigenvalue weighted by atomic mass is 10.1. The molecule has 0 aliphatic heterocycles. The Labute approximate surface area is 117 Å². The van der Waals surface area contributed by atoms with Crippen LogP contribution in [0, 0.1) is 6.92 Å². The lowest BCUT2D eigenvalue weighted by Gasteiger charge is -2.05. The molecular formula is C14H17ClN2O2. The third-order valence-corrected chi connectivity index (χ3v) is 3.40. The van der Waals surface area contributed by atoms with Gasteiger partial charge in [-0.25, -0.2) is 0 Å². The number of Topliss-reactive ketones (excluding diaryl/α,β-unsaturated/α-hetero) is 1. The molecule has 2 aromatic rings. The Morgan fingerprint density at radius 3 is 2.84 bits per heavy atom. The predicted octanol–water partition coefficient (Wildman–Crippen LogP) is 3.24. The molecule has 19 heavy (non-hydrogen) atoms. The largest absolute Gasteiger partial charge is 0.385 e. The summed E-state index contributed by atoms with van der Waals surface area (Å²) in [5.74, 6) is 0.00564. The molecule has 0 N–H and O–H groups in total. The highest BCUT2D eigenvalue weighted by Crippen LogP contribution is 2.28. The van der Waals surface area contributed by atoms with E-state index in [9.17, 15) is 4.79 Å². The fourth-order valence-corrected chi connectivity index (χ4v) is 2.52. The second kappa shape index (κ2) is 5.72. The van der Waals surface area contributed by atoms with Crippen LogP contribution in [0.3, 0.4) is 0 Å². The quantitative estimate of drug-likeness (QED) is 0.624. The molecule has 0 aliphatic carbocycles. The number of hydrogen-bond acceptors (Lipinski definition) is 3. The molecule has 0 fully saturated rings. The van der Waals surface area contributed by atoms with Gasteiger partial charge in [0.2, 0.25) is 0 Å². The predicted molar refractivity (Wildman–Crippen MR) is 76.0 cm³/mol. The van der Waals surface area contributed by atoms with Crippen LogP contribution in [0.25, 0.3) is 10.9 Å². The molecule has 1 heterocycles. The molecular weight excluding hydrogens is 264 g/mol. The van der Waals surface area contributed by atoms with E-state index in [0.29, 0.717) is 17.2 Å². The molecule has 0 radical (unpaired) electrons. The van der Waals surface area contributed by atoms with Crippen molar-refractivity contribution in [3.8, 4) is 0 Å². The van der Waals surface area contributed by atoms with Crippen LogP contribution in [0.15, 0.2) is 12.1 Å². The van der Waals surface area contributed by atoms with Gasteiger partial charge < -0.3 is 4.74 Å². The Balaban J connectivity index is 2.50. The van der Waals surface area contributed by atoms with E-state index in [1.54, 1.807) is 13.2 Å². The van der Waals surface area contributed by atoms with Gasteiger partial charge in [-0.3, -0.25) is 9.48 Å². The van der Waals surface area contributed by atoms with E-state index in [-0.39, 0.29) is 5.78 Å². The molecule has 5 heteroatoms. The molecule has 0 unspecified atom stereocenters. The minimum absolute atomic E-state index is 0.00564. The van der Waals surface area contributed by atoms with E-state index in [0.717, 1.165) is 29.6 Å². The van der Waals surface area contributed by atoms with Gasteiger partial charge in [0.25, 0.3) is 0 Å². The average molecular weight is 281 g/mol. The Bertz CT molecular complexity index is 619. The number of nitrogens with zero attached hydrogens (tertiary/aromatic N) is 2. The first kappa shape index (κ1) is 14.0. The fraction of sp³-hybridized carbons (Fsp3) is 0.429. The van der Waals surface area contributed by atoms with Crippen molar-refractivity contribution in [3.05, 3.63) is 28.4 Å². The lowest BCUT2D eigenvalue weighted by Crippen LogP contribution is -2.03. The van der Waals surface area contributed by atoms with E-state index in [2.05, 4.69) is 5.10 Å². The number of carbonyl (C=O) groups excluding carboxylic acids is 1. The minimum atomic E-state index is 0.00564. The van der Waals surface area contributed by atoms with Crippen LogP contribution in [0.1, 0.15) is 29.4 Å². The third-order valence-electron chi connectivity index (χ3n) is 3.10. The maximum Gasteiger partial charge on any atom is 0.159 e. The van der Waals surface area contributed by atoms with Crippen molar-refractivity contribution in [2.75, 3.05) is 13.7 Å². The van der Waals surface area contributed by atoms with E-state index in [4.69, 9.17) is 16.3 Å². The summed E-state index contributed by atoms with van der Waals surface area (Å²) in [5, 5.41) is 5.99. The van der Waals surface area contributed by atoms with Gasteiger partial charge >= 0.3 is 0 Å². The Morgan fingerprint density at radius 2 is 2.21 bits per heavy atom. The van der Waals surface area contributed by atoms with Crippen LogP contribution in [0.4, 0.5) is 0 Å². The molecule has 0 aliphatic rings. The van der Waals surface area contributed by atoms with Gasteiger partial charge in [0.05, 0.1) is 16.2 Å². The molecule has 0 saturated carbocycles. The SMILES string of the molecule is COCCCn1nc(C)c2c(Cl)cc(C(C)=O)cc21. The summed E-state index contributed by atoms with van der Waals surface area (Å²) >= 11 is 6.26.